The van der Waals surface area contributed by atoms with Gasteiger partial charge < -0.3 is 19.9 Å². The SMILES string of the molecule is CCCCOc1cc(-c2cnc(-c3ccc(CC(=NC(=O)c4ccc(C(C)(C)C)s4)C(=O)N[C@H](C)C(=O)O)cc3)nc2)cc(Cl)c1OC(C)C. The zero-order valence-electron chi connectivity index (χ0n) is 29.4. The second-order valence-corrected chi connectivity index (χ2v) is 14.6. The van der Waals surface area contributed by atoms with Crippen LogP contribution in [0.5, 0.6) is 11.5 Å². The molecule has 10 nitrogen and oxygen atoms in total. The predicted molar refractivity (Wildman–Crippen MR) is 198 cm³/mol. The number of carboxylic acid groups (broad SMARTS) is 1. The van der Waals surface area contributed by atoms with Gasteiger partial charge in [0.05, 0.1) is 22.6 Å². The molecule has 2 heterocycles. The third-order valence-electron chi connectivity index (χ3n) is 7.46. The van der Waals surface area contributed by atoms with Crippen LogP contribution in [-0.2, 0) is 21.4 Å². The van der Waals surface area contributed by atoms with Gasteiger partial charge in [-0.05, 0) is 68.0 Å². The van der Waals surface area contributed by atoms with Crippen LogP contribution in [0.3, 0.4) is 0 Å². The molecule has 264 valence electrons. The maximum absolute atomic E-state index is 13.1. The summed E-state index contributed by atoms with van der Waals surface area (Å²) in [6.07, 6.45) is 5.24. The third kappa shape index (κ3) is 10.2. The van der Waals surface area contributed by atoms with Gasteiger partial charge in [0.25, 0.3) is 11.8 Å². The summed E-state index contributed by atoms with van der Waals surface area (Å²) in [5.74, 6) is -0.941. The minimum Gasteiger partial charge on any atom is -0.490 e. The van der Waals surface area contributed by atoms with Gasteiger partial charge in [-0.15, -0.1) is 11.3 Å². The molecular formula is C38H43ClN4O6S. The number of thiophene rings is 1. The Balaban J connectivity index is 1.55. The average Bonchev–Trinajstić information content (AvgIpc) is 3.58. The minimum absolute atomic E-state index is 0.00142. The summed E-state index contributed by atoms with van der Waals surface area (Å²) in [4.78, 5) is 52.3. The molecule has 0 aliphatic rings. The smallest absolute Gasteiger partial charge is 0.325 e. The molecule has 50 heavy (non-hydrogen) atoms. The van der Waals surface area contributed by atoms with Crippen LogP contribution in [-0.4, -0.2) is 57.3 Å². The lowest BCUT2D eigenvalue weighted by molar-refractivity contribution is -0.140. The Labute approximate surface area is 302 Å². The van der Waals surface area contributed by atoms with Gasteiger partial charge in [0.15, 0.2) is 17.3 Å². The Morgan fingerprint density at radius 1 is 0.980 bits per heavy atom. The van der Waals surface area contributed by atoms with Gasteiger partial charge in [-0.25, -0.2) is 15.0 Å². The molecule has 0 unspecified atom stereocenters. The molecule has 0 spiro atoms. The highest BCUT2D eigenvalue weighted by Gasteiger charge is 2.23. The summed E-state index contributed by atoms with van der Waals surface area (Å²) in [7, 11) is 0. The lowest BCUT2D eigenvalue weighted by Crippen LogP contribution is -2.42. The first kappa shape index (κ1) is 38.2. The maximum Gasteiger partial charge on any atom is 0.325 e. The van der Waals surface area contributed by atoms with E-state index in [1.165, 1.54) is 18.3 Å². The quantitative estimate of drug-likeness (QED) is 0.0982. The molecule has 0 aliphatic heterocycles. The number of carbonyl (C=O) groups excluding carboxylic acids is 2. The van der Waals surface area contributed by atoms with E-state index in [1.807, 2.05) is 58.9 Å². The Morgan fingerprint density at radius 2 is 1.66 bits per heavy atom. The van der Waals surface area contributed by atoms with Gasteiger partial charge in [0.2, 0.25) is 0 Å². The highest BCUT2D eigenvalue weighted by atomic mass is 35.5. The topological polar surface area (TPSA) is 140 Å². The van der Waals surface area contributed by atoms with Crippen molar-refractivity contribution in [2.75, 3.05) is 6.61 Å². The van der Waals surface area contributed by atoms with Gasteiger partial charge in [0, 0.05) is 34.8 Å². The van der Waals surface area contributed by atoms with Gasteiger partial charge in [0.1, 0.15) is 11.8 Å². The molecule has 2 aromatic carbocycles. The standard InChI is InChI=1S/C38H43ClN4O6S/c1-8-9-16-48-30-19-26(18-28(39)33(30)49-22(2)3)27-20-40-34(41-21-27)25-12-10-24(11-13-25)17-29(35(44)42-23(4)37(46)47)43-36(45)31-14-15-32(50-31)38(5,6)7/h10-15,18-23H,8-9,16-17H2,1-7H3,(H,42,44)(H,46,47)/t23-/m1/s1. The van der Waals surface area contributed by atoms with Crippen LogP contribution in [0.2, 0.25) is 5.02 Å². The van der Waals surface area contributed by atoms with E-state index in [0.717, 1.165) is 34.4 Å². The normalized spacial score (nSPS) is 12.5. The molecule has 2 amide bonds. The molecule has 4 aromatic rings. The van der Waals surface area contributed by atoms with Crippen LogP contribution >= 0.6 is 22.9 Å². The lowest BCUT2D eigenvalue weighted by Gasteiger charge is -2.18. The molecule has 12 heteroatoms. The lowest BCUT2D eigenvalue weighted by atomic mass is 9.95. The van der Waals surface area contributed by atoms with E-state index in [-0.39, 0.29) is 23.7 Å². The van der Waals surface area contributed by atoms with Gasteiger partial charge in [-0.3, -0.25) is 14.4 Å². The molecule has 0 saturated carbocycles. The molecule has 2 N–H and O–H groups in total. The summed E-state index contributed by atoms with van der Waals surface area (Å²) >= 11 is 7.95. The molecule has 4 rings (SSSR count). The van der Waals surface area contributed by atoms with Crippen molar-refractivity contribution < 1.29 is 29.0 Å². The molecule has 0 aliphatic carbocycles. The first-order chi connectivity index (χ1) is 23.7. The number of hydrogen-bond acceptors (Lipinski definition) is 8. The number of benzene rings is 2. The summed E-state index contributed by atoms with van der Waals surface area (Å²) in [5.41, 5.74) is 2.71. The summed E-state index contributed by atoms with van der Waals surface area (Å²) < 4.78 is 12.0. The molecule has 1 atom stereocenters. The number of unbranched alkanes of at least 4 members (excludes halogenated alkanes) is 1. The van der Waals surface area contributed by atoms with Crippen molar-refractivity contribution in [3.05, 3.63) is 81.3 Å². The number of amides is 2. The molecule has 0 bridgehead atoms. The van der Waals surface area contributed by atoms with Crippen molar-refractivity contribution in [2.24, 2.45) is 4.99 Å². The Hall–Kier alpha value is -4.61. The van der Waals surface area contributed by atoms with Crippen molar-refractivity contribution >= 4 is 46.4 Å². The zero-order chi connectivity index (χ0) is 36.6. The van der Waals surface area contributed by atoms with Crippen molar-refractivity contribution in [1.82, 2.24) is 15.3 Å². The van der Waals surface area contributed by atoms with Gasteiger partial charge >= 0.3 is 5.97 Å². The van der Waals surface area contributed by atoms with Crippen LogP contribution in [0, 0.1) is 0 Å². The maximum atomic E-state index is 13.1. The van der Waals surface area contributed by atoms with E-state index in [2.05, 4.69) is 27.2 Å². The zero-order valence-corrected chi connectivity index (χ0v) is 30.9. The summed E-state index contributed by atoms with van der Waals surface area (Å²) in [6.45, 7) is 14.0. The van der Waals surface area contributed by atoms with E-state index in [1.54, 1.807) is 36.7 Å². The number of halogens is 1. The first-order valence-electron chi connectivity index (χ1n) is 16.5. The molecule has 0 radical (unpaired) electrons. The monoisotopic (exact) mass is 718 g/mol. The summed E-state index contributed by atoms with van der Waals surface area (Å²) in [6, 6.07) is 13.3. The fourth-order valence-corrected chi connectivity index (χ4v) is 5.86. The number of carbonyl (C=O) groups is 3. The molecular weight excluding hydrogens is 676 g/mol. The molecule has 0 fully saturated rings. The van der Waals surface area contributed by atoms with Crippen LogP contribution in [0.15, 0.2) is 65.9 Å². The molecule has 2 aromatic heterocycles. The minimum atomic E-state index is -1.20. The van der Waals surface area contributed by atoms with Crippen LogP contribution in [0.4, 0.5) is 0 Å². The van der Waals surface area contributed by atoms with Crippen LogP contribution in [0.25, 0.3) is 22.5 Å². The number of aromatic nitrogens is 2. The van der Waals surface area contributed by atoms with Crippen molar-refractivity contribution in [1.29, 1.82) is 0 Å². The Bertz CT molecular complexity index is 1850. The number of rotatable bonds is 14. The highest BCUT2D eigenvalue weighted by Crippen LogP contribution is 2.40. The highest BCUT2D eigenvalue weighted by molar-refractivity contribution is 7.14. The average molecular weight is 719 g/mol. The van der Waals surface area contributed by atoms with E-state index in [9.17, 15) is 19.5 Å². The second-order valence-electron chi connectivity index (χ2n) is 13.1. The fraction of sp³-hybridized carbons (Fsp3) is 0.368. The first-order valence-corrected chi connectivity index (χ1v) is 17.7. The Kier molecular flexibility index (Phi) is 12.9. The van der Waals surface area contributed by atoms with Crippen molar-refractivity contribution in [2.45, 2.75) is 85.3 Å². The predicted octanol–water partition coefficient (Wildman–Crippen LogP) is 8.20. The second kappa shape index (κ2) is 16.9. The fourth-order valence-electron chi connectivity index (χ4n) is 4.66. The number of nitrogens with zero attached hydrogens (tertiary/aromatic N) is 3. The molecule has 0 saturated heterocycles. The number of aliphatic imine (C=N–C) groups is 1. The van der Waals surface area contributed by atoms with E-state index in [4.69, 9.17) is 21.1 Å². The van der Waals surface area contributed by atoms with Crippen molar-refractivity contribution in [3.63, 3.8) is 0 Å². The third-order valence-corrected chi connectivity index (χ3v) is 9.24. The number of aliphatic carboxylic acids is 1. The van der Waals surface area contributed by atoms with Crippen LogP contribution < -0.4 is 14.8 Å². The number of ether oxygens (including phenoxy) is 2. The largest absolute Gasteiger partial charge is 0.490 e. The number of hydrogen-bond donors (Lipinski definition) is 2. The Morgan fingerprint density at radius 3 is 2.24 bits per heavy atom. The van der Waals surface area contributed by atoms with E-state index < -0.39 is 23.8 Å². The van der Waals surface area contributed by atoms with E-state index in [0.29, 0.717) is 39.4 Å². The van der Waals surface area contributed by atoms with Gasteiger partial charge in [-0.2, -0.15) is 0 Å². The summed E-state index contributed by atoms with van der Waals surface area (Å²) in [5, 5.41) is 12.2. The van der Waals surface area contributed by atoms with Gasteiger partial charge in [-0.1, -0.05) is 70.0 Å². The van der Waals surface area contributed by atoms with Crippen molar-refractivity contribution in [3.8, 4) is 34.0 Å². The van der Waals surface area contributed by atoms with E-state index >= 15 is 0 Å². The number of carboxylic acids is 1. The number of nitrogens with one attached hydrogen (secondary N) is 1. The van der Waals surface area contributed by atoms with Crippen LogP contribution in [0.1, 0.15) is 81.4 Å².